The summed E-state index contributed by atoms with van der Waals surface area (Å²) in [6, 6.07) is 5.66. The van der Waals surface area contributed by atoms with Crippen molar-refractivity contribution in [1.82, 2.24) is 10.2 Å². The van der Waals surface area contributed by atoms with E-state index in [4.69, 9.17) is 5.73 Å². The maximum Gasteiger partial charge on any atom is 0.267 e. The van der Waals surface area contributed by atoms with E-state index in [9.17, 15) is 9.59 Å². The van der Waals surface area contributed by atoms with Crippen molar-refractivity contribution in [2.45, 2.75) is 12.8 Å². The van der Waals surface area contributed by atoms with Gasteiger partial charge in [-0.2, -0.15) is 0 Å². The summed E-state index contributed by atoms with van der Waals surface area (Å²) in [6.45, 7) is 0.416. The van der Waals surface area contributed by atoms with E-state index in [1.165, 1.54) is 0 Å². The zero-order chi connectivity index (χ0) is 13.4. The summed E-state index contributed by atoms with van der Waals surface area (Å²) >= 11 is 0. The molecule has 1 aliphatic rings. The Hall–Kier alpha value is -2.34. The van der Waals surface area contributed by atoms with Crippen molar-refractivity contribution in [3.63, 3.8) is 0 Å². The van der Waals surface area contributed by atoms with Gasteiger partial charge in [0.05, 0.1) is 12.1 Å². The first-order valence-corrected chi connectivity index (χ1v) is 6.12. The number of rotatable bonds is 3. The Balaban J connectivity index is 2.06. The highest BCUT2D eigenvalue weighted by atomic mass is 16.1. The minimum atomic E-state index is -0.143. The topological polar surface area (TPSA) is 104 Å². The minimum Gasteiger partial charge on any atom is -0.330 e. The molecule has 1 aliphatic heterocycles. The summed E-state index contributed by atoms with van der Waals surface area (Å²) in [5.41, 5.74) is 9.45. The normalized spacial score (nSPS) is 13.4. The van der Waals surface area contributed by atoms with Gasteiger partial charge in [-0.25, -0.2) is 0 Å². The molecule has 0 unspecified atom stereocenters. The number of benzene rings is 1. The van der Waals surface area contributed by atoms with Crippen molar-refractivity contribution in [2.75, 3.05) is 11.9 Å². The molecule has 1 aromatic carbocycles. The number of carbonyl (C=O) groups is 1. The molecule has 0 aliphatic carbocycles. The molecule has 0 radical (unpaired) electrons. The van der Waals surface area contributed by atoms with Crippen LogP contribution in [0.2, 0.25) is 0 Å². The number of hydrogen-bond acceptors (Lipinski definition) is 3. The number of carbonyl (C=O) groups excluding carboxylic acids is 1. The summed E-state index contributed by atoms with van der Waals surface area (Å²) in [7, 11) is 0. The number of aromatic amines is 2. The van der Waals surface area contributed by atoms with E-state index >= 15 is 0 Å². The molecule has 1 amide bonds. The highest BCUT2D eigenvalue weighted by Gasteiger charge is 2.19. The van der Waals surface area contributed by atoms with Crippen molar-refractivity contribution in [2.24, 2.45) is 5.73 Å². The Labute approximate surface area is 109 Å². The fraction of sp³-hybridized carbons (Fsp3) is 0.231. The Bertz CT molecular complexity index is 699. The van der Waals surface area contributed by atoms with Crippen LogP contribution in [0.4, 0.5) is 5.69 Å². The Morgan fingerprint density at radius 2 is 2.05 bits per heavy atom. The minimum absolute atomic E-state index is 0.00288. The van der Waals surface area contributed by atoms with E-state index in [-0.39, 0.29) is 11.5 Å². The van der Waals surface area contributed by atoms with Crippen LogP contribution >= 0.6 is 0 Å². The zero-order valence-corrected chi connectivity index (χ0v) is 10.2. The molecular weight excluding hydrogens is 244 g/mol. The van der Waals surface area contributed by atoms with Crippen LogP contribution in [0.5, 0.6) is 0 Å². The van der Waals surface area contributed by atoms with Gasteiger partial charge in [-0.05, 0) is 30.7 Å². The van der Waals surface area contributed by atoms with Gasteiger partial charge < -0.3 is 11.1 Å². The molecule has 2 heterocycles. The molecule has 5 N–H and O–H groups in total. The molecule has 0 spiro atoms. The van der Waals surface area contributed by atoms with Crippen molar-refractivity contribution in [3.05, 3.63) is 39.7 Å². The molecule has 3 rings (SSSR count). The first kappa shape index (κ1) is 11.7. The van der Waals surface area contributed by atoms with Crippen LogP contribution in [-0.4, -0.2) is 22.6 Å². The maximum atomic E-state index is 11.7. The van der Waals surface area contributed by atoms with Crippen LogP contribution < -0.4 is 16.6 Å². The number of amides is 1. The van der Waals surface area contributed by atoms with Crippen LogP contribution in [0.15, 0.2) is 23.0 Å². The van der Waals surface area contributed by atoms with E-state index in [0.29, 0.717) is 24.9 Å². The number of hydrogen-bond donors (Lipinski definition) is 4. The van der Waals surface area contributed by atoms with Crippen molar-refractivity contribution >= 4 is 11.6 Å². The van der Waals surface area contributed by atoms with Crippen LogP contribution in [-0.2, 0) is 17.6 Å². The van der Waals surface area contributed by atoms with Crippen LogP contribution in [0, 0.1) is 0 Å². The molecule has 98 valence electrons. The second kappa shape index (κ2) is 4.40. The zero-order valence-electron chi connectivity index (χ0n) is 10.2. The third-order valence-corrected chi connectivity index (χ3v) is 3.29. The van der Waals surface area contributed by atoms with Gasteiger partial charge in [0.2, 0.25) is 5.91 Å². The van der Waals surface area contributed by atoms with E-state index in [1.54, 1.807) is 0 Å². The lowest BCUT2D eigenvalue weighted by atomic mass is 10.0. The van der Waals surface area contributed by atoms with E-state index in [0.717, 1.165) is 22.5 Å². The third kappa shape index (κ3) is 1.96. The van der Waals surface area contributed by atoms with Gasteiger partial charge in [0.25, 0.3) is 5.56 Å². The number of aromatic nitrogens is 2. The lowest BCUT2D eigenvalue weighted by molar-refractivity contribution is -0.115. The Morgan fingerprint density at radius 3 is 2.84 bits per heavy atom. The number of nitrogens with one attached hydrogen (secondary N) is 3. The fourth-order valence-electron chi connectivity index (χ4n) is 2.40. The van der Waals surface area contributed by atoms with Crippen molar-refractivity contribution < 1.29 is 4.79 Å². The SMILES string of the molecule is NCCc1c(-c2ccc3c(c2)CC(=O)N3)[nH][nH]c1=O. The average Bonchev–Trinajstić information content (AvgIpc) is 2.92. The lowest BCUT2D eigenvalue weighted by Gasteiger charge is -2.04. The summed E-state index contributed by atoms with van der Waals surface area (Å²) in [6.07, 6.45) is 0.895. The molecule has 1 aromatic heterocycles. The molecule has 0 atom stereocenters. The largest absolute Gasteiger partial charge is 0.330 e. The first-order valence-electron chi connectivity index (χ1n) is 6.12. The maximum absolute atomic E-state index is 11.7. The predicted molar refractivity (Wildman–Crippen MR) is 71.9 cm³/mol. The van der Waals surface area contributed by atoms with Crippen LogP contribution in [0.3, 0.4) is 0 Å². The van der Waals surface area contributed by atoms with Gasteiger partial charge in [-0.3, -0.25) is 19.8 Å². The van der Waals surface area contributed by atoms with Crippen LogP contribution in [0.1, 0.15) is 11.1 Å². The van der Waals surface area contributed by atoms with E-state index in [2.05, 4.69) is 15.5 Å². The smallest absolute Gasteiger partial charge is 0.267 e. The van der Waals surface area contributed by atoms with Gasteiger partial charge in [-0.1, -0.05) is 6.07 Å². The molecule has 19 heavy (non-hydrogen) atoms. The van der Waals surface area contributed by atoms with Gasteiger partial charge >= 0.3 is 0 Å². The molecule has 6 heteroatoms. The van der Waals surface area contributed by atoms with Crippen LogP contribution in [0.25, 0.3) is 11.3 Å². The predicted octanol–water partition coefficient (Wildman–Crippen LogP) is 0.366. The first-order chi connectivity index (χ1) is 9.19. The second-order valence-corrected chi connectivity index (χ2v) is 4.57. The highest BCUT2D eigenvalue weighted by molar-refractivity contribution is 5.99. The number of H-pyrrole nitrogens is 2. The van der Waals surface area contributed by atoms with Crippen molar-refractivity contribution in [3.8, 4) is 11.3 Å². The second-order valence-electron chi connectivity index (χ2n) is 4.57. The van der Waals surface area contributed by atoms with E-state index < -0.39 is 0 Å². The van der Waals surface area contributed by atoms with Gasteiger partial charge in [0.15, 0.2) is 0 Å². The molecule has 6 nitrogen and oxygen atoms in total. The number of nitrogens with two attached hydrogens (primary N) is 1. The molecule has 0 fully saturated rings. The summed E-state index contributed by atoms with van der Waals surface area (Å²) in [5.74, 6) is -0.00288. The molecule has 0 saturated heterocycles. The van der Waals surface area contributed by atoms with Crippen molar-refractivity contribution in [1.29, 1.82) is 0 Å². The monoisotopic (exact) mass is 258 g/mol. The van der Waals surface area contributed by atoms with Gasteiger partial charge in [0.1, 0.15) is 0 Å². The standard InChI is InChI=1S/C13H14N4O2/c14-4-3-9-12(16-17-13(9)19)7-1-2-10-8(5-7)6-11(18)15-10/h1-2,5H,3-4,6,14H2,(H,15,18)(H2,16,17,19). The van der Waals surface area contributed by atoms with E-state index in [1.807, 2.05) is 18.2 Å². The average molecular weight is 258 g/mol. The molecular formula is C13H14N4O2. The number of anilines is 1. The van der Waals surface area contributed by atoms with Gasteiger partial charge in [0, 0.05) is 16.8 Å². The fourth-order valence-corrected chi connectivity index (χ4v) is 2.40. The molecule has 0 saturated carbocycles. The Kier molecular flexibility index (Phi) is 2.72. The molecule has 0 bridgehead atoms. The molecule has 2 aromatic rings. The summed E-state index contributed by atoms with van der Waals surface area (Å²) in [4.78, 5) is 23.0. The Morgan fingerprint density at radius 1 is 1.21 bits per heavy atom. The summed E-state index contributed by atoms with van der Waals surface area (Å²) < 4.78 is 0. The summed E-state index contributed by atoms with van der Waals surface area (Å²) in [5, 5.41) is 8.24. The highest BCUT2D eigenvalue weighted by Crippen LogP contribution is 2.28. The van der Waals surface area contributed by atoms with Gasteiger partial charge in [-0.15, -0.1) is 0 Å². The quantitative estimate of drug-likeness (QED) is 0.639. The number of fused-ring (bicyclic) bond motifs is 1. The lowest BCUT2D eigenvalue weighted by Crippen LogP contribution is -2.12. The third-order valence-electron chi connectivity index (χ3n) is 3.29.